The van der Waals surface area contributed by atoms with E-state index in [-0.39, 0.29) is 0 Å². The molecule has 0 aliphatic rings. The molecule has 102 valence electrons. The fourth-order valence-electron chi connectivity index (χ4n) is 2.28. The van der Waals surface area contributed by atoms with E-state index in [1.54, 1.807) is 0 Å². The van der Waals surface area contributed by atoms with E-state index in [1.165, 1.54) is 0 Å². The van der Waals surface area contributed by atoms with Crippen molar-refractivity contribution in [3.63, 3.8) is 0 Å². The first-order chi connectivity index (χ1) is 9.76. The fourth-order valence-corrected chi connectivity index (χ4v) is 2.28. The van der Waals surface area contributed by atoms with Crippen LogP contribution in [0.1, 0.15) is 24.5 Å². The van der Waals surface area contributed by atoms with E-state index in [4.69, 9.17) is 5.73 Å². The molecule has 0 spiro atoms. The number of nitrogens with two attached hydrogens (primary N) is 1. The minimum absolute atomic E-state index is 0.704. The van der Waals surface area contributed by atoms with Gasteiger partial charge in [-0.1, -0.05) is 37.3 Å². The highest BCUT2D eigenvalue weighted by molar-refractivity contribution is 5.60. The quantitative estimate of drug-likeness (QED) is 0.841. The van der Waals surface area contributed by atoms with E-state index < -0.39 is 0 Å². The highest BCUT2D eigenvalue weighted by Crippen LogP contribution is 2.23. The lowest BCUT2D eigenvalue weighted by Crippen LogP contribution is -2.24. The molecule has 2 aromatic carbocycles. The van der Waals surface area contributed by atoms with Gasteiger partial charge in [0.25, 0.3) is 0 Å². The number of nitrogen functional groups attached to an aromatic ring is 1. The minimum atomic E-state index is 0.704. The Labute approximate surface area is 120 Å². The van der Waals surface area contributed by atoms with Gasteiger partial charge in [0.15, 0.2) is 0 Å². The van der Waals surface area contributed by atoms with Crippen LogP contribution in [0.25, 0.3) is 0 Å². The molecule has 0 saturated carbocycles. The van der Waals surface area contributed by atoms with Crippen LogP contribution in [0, 0.1) is 11.3 Å². The van der Waals surface area contributed by atoms with Crippen molar-refractivity contribution in [1.82, 2.24) is 0 Å². The van der Waals surface area contributed by atoms with Gasteiger partial charge in [-0.15, -0.1) is 0 Å². The summed E-state index contributed by atoms with van der Waals surface area (Å²) in [5, 5.41) is 9.25. The number of nitriles is 1. The van der Waals surface area contributed by atoms with Gasteiger partial charge < -0.3 is 10.6 Å². The van der Waals surface area contributed by atoms with Crippen LogP contribution in [0.15, 0.2) is 48.5 Å². The van der Waals surface area contributed by atoms with E-state index in [0.717, 1.165) is 36.4 Å². The third-order valence-electron chi connectivity index (χ3n) is 3.28. The molecule has 0 aliphatic heterocycles. The highest BCUT2D eigenvalue weighted by atomic mass is 15.1. The molecule has 3 heteroatoms. The Morgan fingerprint density at radius 2 is 1.80 bits per heavy atom. The van der Waals surface area contributed by atoms with Gasteiger partial charge in [-0.2, -0.15) is 5.26 Å². The molecule has 2 N–H and O–H groups in total. The maximum Gasteiger partial charge on any atom is 0.101 e. The molecule has 0 saturated heterocycles. The summed E-state index contributed by atoms with van der Waals surface area (Å²) < 4.78 is 0. The zero-order valence-electron chi connectivity index (χ0n) is 11.7. The van der Waals surface area contributed by atoms with Crippen LogP contribution >= 0.6 is 0 Å². The second-order valence-corrected chi connectivity index (χ2v) is 4.75. The van der Waals surface area contributed by atoms with Crippen LogP contribution in [-0.2, 0) is 6.54 Å². The molecular formula is C17H19N3. The Kier molecular flexibility index (Phi) is 4.62. The second-order valence-electron chi connectivity index (χ2n) is 4.75. The van der Waals surface area contributed by atoms with Crippen LogP contribution in [0.5, 0.6) is 0 Å². The summed E-state index contributed by atoms with van der Waals surface area (Å²) in [5.74, 6) is 0. The van der Waals surface area contributed by atoms with E-state index in [1.807, 2.05) is 48.5 Å². The standard InChI is InChI=1S/C17H19N3/c1-2-11-20(13-15-8-3-5-9-16(15)19)17-10-6-4-7-14(17)12-18/h3-10H,2,11,13,19H2,1H3. The summed E-state index contributed by atoms with van der Waals surface area (Å²) in [4.78, 5) is 2.21. The smallest absolute Gasteiger partial charge is 0.101 e. The first-order valence-electron chi connectivity index (χ1n) is 6.83. The highest BCUT2D eigenvalue weighted by Gasteiger charge is 2.11. The zero-order chi connectivity index (χ0) is 14.4. The van der Waals surface area contributed by atoms with E-state index >= 15 is 0 Å². The van der Waals surface area contributed by atoms with Gasteiger partial charge in [-0.3, -0.25) is 0 Å². The Morgan fingerprint density at radius 3 is 2.50 bits per heavy atom. The molecule has 0 aliphatic carbocycles. The first-order valence-corrected chi connectivity index (χ1v) is 6.83. The molecule has 0 amide bonds. The molecule has 0 atom stereocenters. The molecule has 20 heavy (non-hydrogen) atoms. The lowest BCUT2D eigenvalue weighted by molar-refractivity contribution is 0.767. The number of para-hydroxylation sites is 2. The van der Waals surface area contributed by atoms with Gasteiger partial charge in [-0.05, 0) is 30.2 Å². The predicted molar refractivity (Wildman–Crippen MR) is 83.4 cm³/mol. The monoisotopic (exact) mass is 265 g/mol. The number of rotatable bonds is 5. The minimum Gasteiger partial charge on any atom is -0.398 e. The van der Waals surface area contributed by atoms with Gasteiger partial charge in [0.2, 0.25) is 0 Å². The number of benzene rings is 2. The average Bonchev–Trinajstić information content (AvgIpc) is 2.49. The lowest BCUT2D eigenvalue weighted by Gasteiger charge is -2.26. The average molecular weight is 265 g/mol. The molecule has 0 unspecified atom stereocenters. The molecular weight excluding hydrogens is 246 g/mol. The number of nitrogens with zero attached hydrogens (tertiary/aromatic N) is 2. The topological polar surface area (TPSA) is 53.0 Å². The van der Waals surface area contributed by atoms with Gasteiger partial charge in [0.05, 0.1) is 11.3 Å². The van der Waals surface area contributed by atoms with Crippen molar-refractivity contribution in [3.05, 3.63) is 59.7 Å². The molecule has 0 radical (unpaired) electrons. The van der Waals surface area contributed by atoms with Crippen LogP contribution in [0.2, 0.25) is 0 Å². The van der Waals surface area contributed by atoms with Crippen LogP contribution < -0.4 is 10.6 Å². The summed E-state index contributed by atoms with van der Waals surface area (Å²) in [6, 6.07) is 17.8. The van der Waals surface area contributed by atoms with Crippen LogP contribution in [-0.4, -0.2) is 6.54 Å². The van der Waals surface area contributed by atoms with Crippen LogP contribution in [0.4, 0.5) is 11.4 Å². The van der Waals surface area contributed by atoms with Gasteiger partial charge >= 0.3 is 0 Å². The van der Waals surface area contributed by atoms with Gasteiger partial charge in [0.1, 0.15) is 6.07 Å². The maximum absolute atomic E-state index is 9.25. The number of anilines is 2. The van der Waals surface area contributed by atoms with Crippen molar-refractivity contribution in [3.8, 4) is 6.07 Å². The molecule has 0 heterocycles. The summed E-state index contributed by atoms with van der Waals surface area (Å²) in [6.45, 7) is 3.75. The molecule has 0 bridgehead atoms. The van der Waals surface area contributed by atoms with E-state index in [2.05, 4.69) is 17.9 Å². The summed E-state index contributed by atoms with van der Waals surface area (Å²) in [6.07, 6.45) is 1.02. The largest absolute Gasteiger partial charge is 0.398 e. The molecule has 0 fully saturated rings. The SMILES string of the molecule is CCCN(Cc1ccccc1N)c1ccccc1C#N. The molecule has 0 aromatic heterocycles. The number of hydrogen-bond acceptors (Lipinski definition) is 3. The van der Waals surface area contributed by atoms with Crippen molar-refractivity contribution in [1.29, 1.82) is 5.26 Å². The summed E-state index contributed by atoms with van der Waals surface area (Å²) >= 11 is 0. The predicted octanol–water partition coefficient (Wildman–Crippen LogP) is 3.56. The molecule has 3 nitrogen and oxygen atoms in total. The normalized spacial score (nSPS) is 10.0. The fraction of sp³-hybridized carbons (Fsp3) is 0.235. The maximum atomic E-state index is 9.25. The Hall–Kier alpha value is -2.47. The lowest BCUT2D eigenvalue weighted by atomic mass is 10.1. The van der Waals surface area contributed by atoms with Crippen molar-refractivity contribution in [2.24, 2.45) is 0 Å². The molecule has 2 aromatic rings. The zero-order valence-corrected chi connectivity index (χ0v) is 11.7. The van der Waals surface area contributed by atoms with Gasteiger partial charge in [-0.25, -0.2) is 0 Å². The Bertz CT molecular complexity index is 614. The van der Waals surface area contributed by atoms with Crippen molar-refractivity contribution in [2.45, 2.75) is 19.9 Å². The van der Waals surface area contributed by atoms with Crippen molar-refractivity contribution in [2.75, 3.05) is 17.2 Å². The van der Waals surface area contributed by atoms with Crippen molar-refractivity contribution >= 4 is 11.4 Å². The first kappa shape index (κ1) is 14.0. The third-order valence-corrected chi connectivity index (χ3v) is 3.28. The van der Waals surface area contributed by atoms with Crippen LogP contribution in [0.3, 0.4) is 0 Å². The third kappa shape index (κ3) is 3.10. The van der Waals surface area contributed by atoms with Crippen molar-refractivity contribution < 1.29 is 0 Å². The molecule has 2 rings (SSSR count). The Morgan fingerprint density at radius 1 is 1.10 bits per heavy atom. The van der Waals surface area contributed by atoms with Gasteiger partial charge in [0, 0.05) is 18.8 Å². The van der Waals surface area contributed by atoms with E-state index in [0.29, 0.717) is 5.56 Å². The second kappa shape index (κ2) is 6.63. The van der Waals surface area contributed by atoms with E-state index in [9.17, 15) is 5.26 Å². The number of hydrogen-bond donors (Lipinski definition) is 1. The summed E-state index contributed by atoms with van der Waals surface area (Å²) in [5.41, 5.74) is 9.58. The summed E-state index contributed by atoms with van der Waals surface area (Å²) in [7, 11) is 0. The Balaban J connectivity index is 2.32.